The summed E-state index contributed by atoms with van der Waals surface area (Å²) in [6.45, 7) is 1.30. The maximum Gasteiger partial charge on any atom is 0.275 e. The summed E-state index contributed by atoms with van der Waals surface area (Å²) in [5, 5.41) is 16.0. The highest BCUT2D eigenvalue weighted by Crippen LogP contribution is 2.43. The second kappa shape index (κ2) is 4.97. The van der Waals surface area contributed by atoms with E-state index < -0.39 is 0 Å². The molecular weight excluding hydrogens is 308 g/mol. The van der Waals surface area contributed by atoms with Crippen molar-refractivity contribution >= 4 is 21.8 Å². The number of carbonyl (C=O) groups excluding carboxylic acids is 1. The van der Waals surface area contributed by atoms with Gasteiger partial charge in [-0.3, -0.25) is 9.89 Å². The normalized spacial score (nSPS) is 20.3. The summed E-state index contributed by atoms with van der Waals surface area (Å²) in [6, 6.07) is 2.27. The van der Waals surface area contributed by atoms with Crippen LogP contribution in [0.4, 0.5) is 0 Å². The maximum absolute atomic E-state index is 12.4. The van der Waals surface area contributed by atoms with Crippen LogP contribution in [0.25, 0.3) is 0 Å². The molecule has 6 heteroatoms. The molecule has 1 aliphatic heterocycles. The molecule has 1 saturated carbocycles. The fourth-order valence-corrected chi connectivity index (χ4v) is 3.16. The van der Waals surface area contributed by atoms with Gasteiger partial charge in [0.25, 0.3) is 5.91 Å². The number of nitrogens with zero attached hydrogens (tertiary/aromatic N) is 3. The van der Waals surface area contributed by atoms with E-state index in [0.717, 1.165) is 23.0 Å². The molecule has 100 valence electrons. The van der Waals surface area contributed by atoms with Crippen LogP contribution in [0.1, 0.15) is 47.8 Å². The molecule has 0 aromatic carbocycles. The predicted molar refractivity (Wildman–Crippen MR) is 72.5 cm³/mol. The van der Waals surface area contributed by atoms with E-state index in [1.807, 2.05) is 0 Å². The summed E-state index contributed by atoms with van der Waals surface area (Å²) in [5.41, 5.74) is 1.53. The first-order chi connectivity index (χ1) is 9.20. The Morgan fingerprint density at radius 2 is 2.05 bits per heavy atom. The lowest BCUT2D eigenvalue weighted by molar-refractivity contribution is 0.0700. The van der Waals surface area contributed by atoms with E-state index in [2.05, 4.69) is 32.2 Å². The average molecular weight is 323 g/mol. The number of carbonyl (C=O) groups is 1. The smallest absolute Gasteiger partial charge is 0.275 e. The van der Waals surface area contributed by atoms with E-state index in [-0.39, 0.29) is 11.8 Å². The van der Waals surface area contributed by atoms with Crippen molar-refractivity contribution in [2.24, 2.45) is 5.92 Å². The van der Waals surface area contributed by atoms with Gasteiger partial charge in [0.15, 0.2) is 5.69 Å². The number of hydrogen-bond acceptors (Lipinski definition) is 3. The Balaban J connectivity index is 1.72. The molecule has 1 aliphatic carbocycles. The van der Waals surface area contributed by atoms with Crippen molar-refractivity contribution in [2.45, 2.75) is 31.6 Å². The molecule has 1 N–H and O–H groups in total. The number of nitriles is 1. The molecule has 2 heterocycles. The third kappa shape index (κ3) is 2.39. The first-order valence-corrected chi connectivity index (χ1v) is 7.42. The summed E-state index contributed by atoms with van der Waals surface area (Å²) >= 11 is 3.49. The average Bonchev–Trinajstić information content (AvgIpc) is 3.21. The van der Waals surface area contributed by atoms with Crippen LogP contribution < -0.4 is 0 Å². The molecule has 0 bridgehead atoms. The zero-order valence-corrected chi connectivity index (χ0v) is 12.1. The molecular formula is C13H15BrN4O. The SMILES string of the molecule is N#CC1CCN(C(=O)c2n[nH]c(C3CC3)c2Br)CC1. The van der Waals surface area contributed by atoms with Gasteiger partial charge in [-0.1, -0.05) is 0 Å². The number of nitrogens with one attached hydrogen (secondary N) is 1. The Kier molecular flexibility index (Phi) is 3.31. The quantitative estimate of drug-likeness (QED) is 0.908. The summed E-state index contributed by atoms with van der Waals surface area (Å²) in [6.07, 6.45) is 3.86. The van der Waals surface area contributed by atoms with Crippen LogP contribution in [0.5, 0.6) is 0 Å². The highest BCUT2D eigenvalue weighted by molar-refractivity contribution is 9.10. The minimum Gasteiger partial charge on any atom is -0.337 e. The molecule has 1 aromatic rings. The largest absolute Gasteiger partial charge is 0.337 e. The second-order valence-electron chi connectivity index (χ2n) is 5.27. The molecule has 1 saturated heterocycles. The molecule has 0 unspecified atom stereocenters. The van der Waals surface area contributed by atoms with Gasteiger partial charge in [-0.2, -0.15) is 10.4 Å². The monoisotopic (exact) mass is 322 g/mol. The lowest BCUT2D eigenvalue weighted by atomic mass is 9.98. The minimum atomic E-state index is -0.0357. The number of halogens is 1. The van der Waals surface area contributed by atoms with Crippen molar-refractivity contribution in [3.8, 4) is 6.07 Å². The van der Waals surface area contributed by atoms with Crippen LogP contribution in [0.2, 0.25) is 0 Å². The van der Waals surface area contributed by atoms with Gasteiger partial charge in [-0.15, -0.1) is 0 Å². The maximum atomic E-state index is 12.4. The van der Waals surface area contributed by atoms with Crippen molar-refractivity contribution in [3.63, 3.8) is 0 Å². The second-order valence-corrected chi connectivity index (χ2v) is 6.06. The molecule has 2 aliphatic rings. The summed E-state index contributed by atoms with van der Waals surface area (Å²) in [7, 11) is 0. The summed E-state index contributed by atoms with van der Waals surface area (Å²) < 4.78 is 0.822. The highest BCUT2D eigenvalue weighted by Gasteiger charge is 2.32. The third-order valence-corrected chi connectivity index (χ3v) is 4.69. The zero-order valence-electron chi connectivity index (χ0n) is 10.5. The minimum absolute atomic E-state index is 0.0357. The van der Waals surface area contributed by atoms with Crippen LogP contribution in [-0.4, -0.2) is 34.1 Å². The van der Waals surface area contributed by atoms with Crippen molar-refractivity contribution in [3.05, 3.63) is 15.9 Å². The van der Waals surface area contributed by atoms with Crippen LogP contribution in [0, 0.1) is 17.2 Å². The third-order valence-electron chi connectivity index (χ3n) is 3.89. The number of likely N-dealkylation sites (tertiary alicyclic amines) is 1. The Bertz CT molecular complexity index is 535. The van der Waals surface area contributed by atoms with E-state index in [1.165, 1.54) is 12.8 Å². The number of hydrogen-bond donors (Lipinski definition) is 1. The van der Waals surface area contributed by atoms with Crippen molar-refractivity contribution in [1.82, 2.24) is 15.1 Å². The van der Waals surface area contributed by atoms with Gasteiger partial charge in [0.2, 0.25) is 0 Å². The highest BCUT2D eigenvalue weighted by atomic mass is 79.9. The van der Waals surface area contributed by atoms with Gasteiger partial charge in [0.05, 0.1) is 16.2 Å². The molecule has 5 nitrogen and oxygen atoms in total. The van der Waals surface area contributed by atoms with E-state index in [1.54, 1.807) is 4.90 Å². The van der Waals surface area contributed by atoms with Gasteiger partial charge in [-0.25, -0.2) is 0 Å². The summed E-state index contributed by atoms with van der Waals surface area (Å²) in [5.74, 6) is 0.591. The lowest BCUT2D eigenvalue weighted by Crippen LogP contribution is -2.38. The van der Waals surface area contributed by atoms with Gasteiger partial charge >= 0.3 is 0 Å². The molecule has 3 rings (SSSR count). The summed E-state index contributed by atoms with van der Waals surface area (Å²) in [4.78, 5) is 14.2. The van der Waals surface area contributed by atoms with Gasteiger partial charge in [0, 0.05) is 24.9 Å². The van der Waals surface area contributed by atoms with Crippen LogP contribution in [-0.2, 0) is 0 Å². The molecule has 0 radical (unpaired) electrons. The van der Waals surface area contributed by atoms with Crippen molar-refractivity contribution < 1.29 is 4.79 Å². The van der Waals surface area contributed by atoms with Crippen molar-refractivity contribution in [1.29, 1.82) is 5.26 Å². The van der Waals surface area contributed by atoms with E-state index in [9.17, 15) is 4.79 Å². The van der Waals surface area contributed by atoms with E-state index >= 15 is 0 Å². The molecule has 1 amide bonds. The topological polar surface area (TPSA) is 72.8 Å². The zero-order chi connectivity index (χ0) is 13.4. The van der Waals surface area contributed by atoms with E-state index in [4.69, 9.17) is 5.26 Å². The fraction of sp³-hybridized carbons (Fsp3) is 0.615. The molecule has 1 aromatic heterocycles. The number of piperidine rings is 1. The number of H-pyrrole nitrogens is 1. The first kappa shape index (κ1) is 12.7. The molecule has 19 heavy (non-hydrogen) atoms. The van der Waals surface area contributed by atoms with E-state index in [0.29, 0.717) is 24.7 Å². The Morgan fingerprint density at radius 1 is 1.37 bits per heavy atom. The Labute approximate surface area is 120 Å². The van der Waals surface area contributed by atoms with Crippen LogP contribution in [0.3, 0.4) is 0 Å². The van der Waals surface area contributed by atoms with Gasteiger partial charge < -0.3 is 4.90 Å². The number of aromatic nitrogens is 2. The standard InChI is InChI=1S/C13H15BrN4O/c14-10-11(9-1-2-9)16-17-12(10)13(19)18-5-3-8(7-15)4-6-18/h8-9H,1-6H2,(H,16,17). The van der Waals surface area contributed by atoms with Gasteiger partial charge in [-0.05, 0) is 41.6 Å². The number of rotatable bonds is 2. The molecule has 2 fully saturated rings. The number of amides is 1. The number of aromatic amines is 1. The van der Waals surface area contributed by atoms with Crippen LogP contribution >= 0.6 is 15.9 Å². The molecule has 0 spiro atoms. The molecule has 0 atom stereocenters. The predicted octanol–water partition coefficient (Wildman–Crippen LogP) is 2.43. The Morgan fingerprint density at radius 3 is 2.63 bits per heavy atom. The van der Waals surface area contributed by atoms with Crippen molar-refractivity contribution in [2.75, 3.05) is 13.1 Å². The Hall–Kier alpha value is -1.35. The van der Waals surface area contributed by atoms with Crippen LogP contribution in [0.15, 0.2) is 4.47 Å². The lowest BCUT2D eigenvalue weighted by Gasteiger charge is -2.28. The first-order valence-electron chi connectivity index (χ1n) is 6.63. The van der Waals surface area contributed by atoms with Gasteiger partial charge in [0.1, 0.15) is 0 Å². The fourth-order valence-electron chi connectivity index (χ4n) is 2.49.